The summed E-state index contributed by atoms with van der Waals surface area (Å²) in [5, 5.41) is 2.24. The Balaban J connectivity index is 0.000000220. The number of furan rings is 1. The van der Waals surface area contributed by atoms with E-state index >= 15 is 0 Å². The van der Waals surface area contributed by atoms with Gasteiger partial charge in [0.25, 0.3) is 0 Å². The third-order valence-corrected chi connectivity index (χ3v) is 14.6. The van der Waals surface area contributed by atoms with Crippen molar-refractivity contribution in [2.75, 3.05) is 0 Å². The van der Waals surface area contributed by atoms with Gasteiger partial charge in [0.1, 0.15) is 5.58 Å². The molecule has 0 aliphatic carbocycles. The molecule has 3 heterocycles. The summed E-state index contributed by atoms with van der Waals surface area (Å²) in [4.78, 5) is 9.64. The molecule has 0 amide bonds. The van der Waals surface area contributed by atoms with E-state index in [1.54, 1.807) is 12.1 Å². The van der Waals surface area contributed by atoms with Gasteiger partial charge >= 0.3 is 110 Å². The average molecular weight is 986 g/mol. The number of rotatable bonds is 5. The average Bonchev–Trinajstić information content (AvgIpc) is 3.79. The van der Waals surface area contributed by atoms with Gasteiger partial charge in [-0.2, -0.15) is 0 Å². The summed E-state index contributed by atoms with van der Waals surface area (Å²) in [6, 6.07) is 51.6. The monoisotopic (exact) mass is 987 g/mol. The van der Waals surface area contributed by atoms with E-state index in [4.69, 9.17) is 13.5 Å². The van der Waals surface area contributed by atoms with Crippen LogP contribution in [0.1, 0.15) is 41.6 Å². The van der Waals surface area contributed by atoms with Crippen molar-refractivity contribution in [1.82, 2.24) is 14.5 Å². The molecule has 1 radical (unpaired) electrons. The molecule has 9 aromatic rings. The Morgan fingerprint density at radius 1 is 0.737 bits per heavy atom. The summed E-state index contributed by atoms with van der Waals surface area (Å²) in [7, 11) is 0. The van der Waals surface area contributed by atoms with E-state index in [1.807, 2.05) is 36.5 Å². The zero-order valence-electron chi connectivity index (χ0n) is 36.4. The van der Waals surface area contributed by atoms with E-state index in [0.29, 0.717) is 5.56 Å². The number of aryl methyl sites for hydroxylation is 2. The van der Waals surface area contributed by atoms with Gasteiger partial charge in [-0.05, 0) is 64.9 Å². The molecule has 0 atom stereocenters. The fraction of sp³-hybridized carbons (Fsp3) is 0.176. The molecule has 0 aliphatic rings. The van der Waals surface area contributed by atoms with E-state index in [2.05, 4.69) is 152 Å². The van der Waals surface area contributed by atoms with Gasteiger partial charge in [-0.3, -0.25) is 4.98 Å². The molecule has 0 saturated carbocycles. The first-order valence-corrected chi connectivity index (χ1v) is 26.4. The summed E-state index contributed by atoms with van der Waals surface area (Å²) >= 11 is -1.83. The van der Waals surface area contributed by atoms with E-state index in [0.717, 1.165) is 61.3 Å². The van der Waals surface area contributed by atoms with Gasteiger partial charge in [-0.25, -0.2) is 0 Å². The zero-order chi connectivity index (χ0) is 41.7. The Morgan fingerprint density at radius 3 is 2.21 bits per heavy atom. The Morgan fingerprint density at radius 2 is 1.51 bits per heavy atom. The number of hydrogen-bond donors (Lipinski definition) is 0. The molecule has 0 spiro atoms. The minimum absolute atomic E-state index is 0. The van der Waals surface area contributed by atoms with Crippen LogP contribution in [0, 0.1) is 25.9 Å². The quantitative estimate of drug-likeness (QED) is 0.127. The van der Waals surface area contributed by atoms with Crippen molar-refractivity contribution >= 4 is 50.6 Å². The van der Waals surface area contributed by atoms with Crippen molar-refractivity contribution in [1.29, 1.82) is 0 Å². The third kappa shape index (κ3) is 8.20. The topological polar surface area (TPSA) is 43.9 Å². The molecule has 287 valence electrons. The molecule has 0 fully saturated rings. The van der Waals surface area contributed by atoms with Crippen LogP contribution in [0.15, 0.2) is 144 Å². The first-order valence-electron chi connectivity index (χ1n) is 20.6. The molecule has 6 aromatic carbocycles. The van der Waals surface area contributed by atoms with Crippen molar-refractivity contribution in [3.63, 3.8) is 0 Å². The largest absolute Gasteiger partial charge is 0 e. The molecule has 4 nitrogen and oxygen atoms in total. The number of imidazole rings is 1. The van der Waals surface area contributed by atoms with Gasteiger partial charge in [-0.15, -0.1) is 23.8 Å². The number of pyridine rings is 1. The molecule has 57 heavy (non-hydrogen) atoms. The van der Waals surface area contributed by atoms with Crippen LogP contribution >= 0.6 is 0 Å². The second-order valence-electron chi connectivity index (χ2n) is 16.5. The maximum absolute atomic E-state index is 7.35. The summed E-state index contributed by atoms with van der Waals surface area (Å²) in [6.07, 6.45) is 1.95. The fourth-order valence-corrected chi connectivity index (χ4v) is 9.42. The fourth-order valence-electron chi connectivity index (χ4n) is 7.25. The third-order valence-electron chi connectivity index (χ3n) is 10.3. The van der Waals surface area contributed by atoms with Crippen LogP contribution < -0.4 is 4.40 Å². The van der Waals surface area contributed by atoms with E-state index in [-0.39, 0.29) is 25.5 Å². The number of benzene rings is 6. The second kappa shape index (κ2) is 16.1. The van der Waals surface area contributed by atoms with E-state index in [9.17, 15) is 0 Å². The van der Waals surface area contributed by atoms with Crippen LogP contribution in [0.2, 0.25) is 17.3 Å². The van der Waals surface area contributed by atoms with E-state index < -0.39 is 20.1 Å². The maximum Gasteiger partial charge on any atom is 0 e. The van der Waals surface area contributed by atoms with Gasteiger partial charge < -0.3 is 8.98 Å². The number of fused-ring (bicyclic) bond motifs is 4. The molecule has 0 N–H and O–H groups in total. The predicted octanol–water partition coefficient (Wildman–Crippen LogP) is 13.1. The molecule has 6 heteroatoms. The molecule has 9 rings (SSSR count). The first kappa shape index (κ1) is 36.3. The van der Waals surface area contributed by atoms with Crippen LogP contribution in [-0.2, 0) is 25.5 Å². The minimum Gasteiger partial charge on any atom is 0 e. The van der Waals surface area contributed by atoms with Crippen molar-refractivity contribution in [2.45, 2.75) is 57.2 Å². The molecule has 0 unspecified atom stereocenters. The van der Waals surface area contributed by atoms with Gasteiger partial charge in [0.2, 0.25) is 0 Å². The van der Waals surface area contributed by atoms with Crippen LogP contribution in [0.5, 0.6) is 0 Å². The van der Waals surface area contributed by atoms with Gasteiger partial charge in [0.05, 0.1) is 22.4 Å². The molecule has 0 saturated heterocycles. The second-order valence-corrected chi connectivity index (χ2v) is 27.1. The van der Waals surface area contributed by atoms with Crippen LogP contribution in [0.4, 0.5) is 0 Å². The molecule has 0 bridgehead atoms. The molecular formula is C51H47GeIrN3O-2. The first-order chi connectivity index (χ1) is 28.1. The summed E-state index contributed by atoms with van der Waals surface area (Å²) < 4.78 is 31.9. The molecular weight excluding hydrogens is 935 g/mol. The van der Waals surface area contributed by atoms with Gasteiger partial charge in [0.15, 0.2) is 0 Å². The van der Waals surface area contributed by atoms with Crippen LogP contribution in [0.3, 0.4) is 0 Å². The molecule has 0 aliphatic heterocycles. The van der Waals surface area contributed by atoms with Gasteiger partial charge in [-0.1, -0.05) is 86.8 Å². The van der Waals surface area contributed by atoms with Crippen LogP contribution in [0.25, 0.3) is 72.4 Å². The SMILES string of the molecule is Cc1cccc2oc3c[c-]c(-c4nc5ccccc5n4-c4ccc(-c5ccccc5)cc4C(C)(C)C)cc3c12.[2H]C([2H])([2H])c1c[c-]c(-c2cc[c]([Ge]([CH3])([CH3])[CH3])cn2)cc1.[Ir]. The Labute approximate surface area is 357 Å². The standard InChI is InChI=1S/C36H29N2O.C15H18GeN.Ir/c1-23-11-10-16-33-34(23)27-21-26(18-20-32(27)39-33)35-37-29-14-8-9-15-31(29)38(35)30-19-17-25(22-28(30)36(2,3)4)24-12-6-5-7-13-24;1-12-5-7-13(8-6-12)15-10-9-14(11-17-15)16(2,3)4;/h5-17,19-22H,1-4H3;5-7,9-11H,1-4H3;/q2*-1;/i;1D3;. The van der Waals surface area contributed by atoms with E-state index in [1.165, 1.54) is 32.7 Å². The van der Waals surface area contributed by atoms with Crippen molar-refractivity contribution in [3.05, 3.63) is 168 Å². The summed E-state index contributed by atoms with van der Waals surface area (Å²) in [5.41, 5.74) is 12.6. The summed E-state index contributed by atoms with van der Waals surface area (Å²) in [5.74, 6) is 7.86. The predicted molar refractivity (Wildman–Crippen MR) is 238 cm³/mol. The van der Waals surface area contributed by atoms with Gasteiger partial charge in [0, 0.05) is 31.2 Å². The zero-order valence-corrected chi connectivity index (χ0v) is 37.9. The number of nitrogens with zero attached hydrogens (tertiary/aromatic N) is 3. The number of hydrogen-bond acceptors (Lipinski definition) is 3. The van der Waals surface area contributed by atoms with Crippen molar-refractivity contribution < 1.29 is 28.6 Å². The Hall–Kier alpha value is -5.07. The maximum atomic E-state index is 7.35. The van der Waals surface area contributed by atoms with Crippen molar-refractivity contribution in [3.8, 4) is 39.5 Å². The number of aromatic nitrogens is 3. The Kier molecular flexibility index (Phi) is 10.2. The normalized spacial score (nSPS) is 12.7. The smallest absolute Gasteiger partial charge is 0 e. The molecule has 3 aromatic heterocycles. The summed E-state index contributed by atoms with van der Waals surface area (Å²) in [6.45, 7) is 6.88. The minimum atomic E-state index is -2.08. The number of para-hydroxylation sites is 2. The van der Waals surface area contributed by atoms with Crippen LogP contribution in [-0.4, -0.2) is 27.8 Å². The van der Waals surface area contributed by atoms with Crippen molar-refractivity contribution in [2.24, 2.45) is 0 Å². The Bertz CT molecular complexity index is 2880.